The zero-order valence-electron chi connectivity index (χ0n) is 12.0. The van der Waals surface area contributed by atoms with Crippen LogP contribution in [0.2, 0.25) is 0 Å². The summed E-state index contributed by atoms with van der Waals surface area (Å²) in [6.45, 7) is 0.146. The van der Waals surface area contributed by atoms with Crippen molar-refractivity contribution in [1.29, 1.82) is 0 Å². The Morgan fingerprint density at radius 2 is 1.86 bits per heavy atom. The summed E-state index contributed by atoms with van der Waals surface area (Å²) in [4.78, 5) is 13.4. The summed E-state index contributed by atoms with van der Waals surface area (Å²) in [6, 6.07) is 10.9. The van der Waals surface area contributed by atoms with Crippen LogP contribution in [0.3, 0.4) is 0 Å². The van der Waals surface area contributed by atoms with E-state index in [0.717, 1.165) is 5.56 Å². The van der Waals surface area contributed by atoms with Crippen molar-refractivity contribution in [3.8, 4) is 5.88 Å². The van der Waals surface area contributed by atoms with Gasteiger partial charge >= 0.3 is 0 Å². The van der Waals surface area contributed by atoms with E-state index < -0.39 is 5.91 Å². The van der Waals surface area contributed by atoms with Crippen molar-refractivity contribution in [2.45, 2.75) is 6.61 Å². The molecule has 2 rings (SSSR count). The Morgan fingerprint density at radius 1 is 1.18 bits per heavy atom. The lowest BCUT2D eigenvalue weighted by molar-refractivity contribution is 0.0643. The molecule has 0 bridgehead atoms. The molecule has 2 aromatic rings. The predicted molar refractivity (Wildman–Crippen MR) is 77.4 cm³/mol. The van der Waals surface area contributed by atoms with Crippen LogP contribution in [0.4, 0.5) is 0 Å². The van der Waals surface area contributed by atoms with Crippen LogP contribution in [0.1, 0.15) is 16.1 Å². The maximum atomic E-state index is 12.1. The average molecular weight is 306 g/mol. The molecule has 7 heteroatoms. The van der Waals surface area contributed by atoms with E-state index in [1.165, 1.54) is 11.0 Å². The highest BCUT2D eigenvalue weighted by Crippen LogP contribution is 2.15. The van der Waals surface area contributed by atoms with Crippen molar-refractivity contribution >= 4 is 5.91 Å². The van der Waals surface area contributed by atoms with E-state index in [0.29, 0.717) is 6.61 Å². The molecular formula is C15H18N2O5. The number of hydrogen-bond acceptors (Lipinski definition) is 6. The first kappa shape index (κ1) is 16.0. The topological polar surface area (TPSA) is 96.0 Å². The second-order valence-electron chi connectivity index (χ2n) is 4.54. The third kappa shape index (κ3) is 4.31. The minimum atomic E-state index is -0.454. The normalized spacial score (nSPS) is 10.5. The number of aromatic nitrogens is 1. The second-order valence-corrected chi connectivity index (χ2v) is 4.54. The second kappa shape index (κ2) is 8.16. The van der Waals surface area contributed by atoms with Crippen molar-refractivity contribution in [1.82, 2.24) is 10.1 Å². The van der Waals surface area contributed by atoms with Gasteiger partial charge in [0.2, 0.25) is 5.76 Å². The number of aliphatic hydroxyl groups is 2. The minimum Gasteiger partial charge on any atom is -0.471 e. The number of rotatable bonds is 8. The van der Waals surface area contributed by atoms with Gasteiger partial charge in [-0.2, -0.15) is 0 Å². The fourth-order valence-corrected chi connectivity index (χ4v) is 1.87. The molecule has 0 aliphatic heterocycles. The van der Waals surface area contributed by atoms with Gasteiger partial charge in [0.05, 0.1) is 19.3 Å². The number of hydrogen-bond donors (Lipinski definition) is 2. The number of ether oxygens (including phenoxy) is 1. The summed E-state index contributed by atoms with van der Waals surface area (Å²) in [5.74, 6) is -0.240. The smallest absolute Gasteiger partial charge is 0.292 e. The van der Waals surface area contributed by atoms with Gasteiger partial charge in [-0.05, 0) is 10.7 Å². The number of benzene rings is 1. The largest absolute Gasteiger partial charge is 0.471 e. The number of carbonyl (C=O) groups excluding carboxylic acids is 1. The molecular weight excluding hydrogens is 288 g/mol. The maximum Gasteiger partial charge on any atom is 0.292 e. The Hall–Kier alpha value is -2.38. The van der Waals surface area contributed by atoms with Crippen LogP contribution in [0, 0.1) is 0 Å². The molecule has 2 N–H and O–H groups in total. The van der Waals surface area contributed by atoms with Crippen LogP contribution in [0.25, 0.3) is 0 Å². The van der Waals surface area contributed by atoms with E-state index in [1.54, 1.807) is 0 Å². The van der Waals surface area contributed by atoms with Crippen molar-refractivity contribution < 1.29 is 24.3 Å². The molecule has 7 nitrogen and oxygen atoms in total. The van der Waals surface area contributed by atoms with Gasteiger partial charge in [0.25, 0.3) is 11.8 Å². The fraction of sp³-hybridized carbons (Fsp3) is 0.333. The molecule has 0 spiro atoms. The summed E-state index contributed by atoms with van der Waals surface area (Å²) < 4.78 is 10.4. The number of amides is 1. The van der Waals surface area contributed by atoms with Crippen LogP contribution in [-0.2, 0) is 6.61 Å². The molecule has 118 valence electrons. The van der Waals surface area contributed by atoms with Gasteiger partial charge in [-0.15, -0.1) is 0 Å². The van der Waals surface area contributed by atoms with E-state index in [2.05, 4.69) is 5.16 Å². The van der Waals surface area contributed by atoms with E-state index in [1.807, 2.05) is 30.3 Å². The summed E-state index contributed by atoms with van der Waals surface area (Å²) in [5.41, 5.74) is 0.973. The van der Waals surface area contributed by atoms with E-state index >= 15 is 0 Å². The first-order valence-corrected chi connectivity index (χ1v) is 6.89. The maximum absolute atomic E-state index is 12.1. The molecule has 0 radical (unpaired) electrons. The van der Waals surface area contributed by atoms with E-state index in [9.17, 15) is 4.79 Å². The Labute approximate surface area is 127 Å². The molecule has 0 aliphatic rings. The standard InChI is InChI=1S/C15H18N2O5/c18-8-6-17(7-9-19)15(20)13-10-14(16-22-13)21-11-12-4-2-1-3-5-12/h1-5,10,18-19H,6-9,11H2. The Bertz CT molecular complexity index is 579. The van der Waals surface area contributed by atoms with Gasteiger partial charge < -0.3 is 24.4 Å². The molecule has 0 saturated heterocycles. The van der Waals surface area contributed by atoms with E-state index in [-0.39, 0.29) is 37.9 Å². The predicted octanol–water partition coefficient (Wildman–Crippen LogP) is 0.680. The first-order valence-electron chi connectivity index (χ1n) is 6.89. The summed E-state index contributed by atoms with van der Waals surface area (Å²) >= 11 is 0. The lowest BCUT2D eigenvalue weighted by Gasteiger charge is -2.18. The minimum absolute atomic E-state index is 0.00459. The van der Waals surface area contributed by atoms with Gasteiger partial charge in [0.1, 0.15) is 6.61 Å². The lowest BCUT2D eigenvalue weighted by Crippen LogP contribution is -2.35. The Balaban J connectivity index is 1.96. The number of nitrogens with zero attached hydrogens (tertiary/aromatic N) is 2. The van der Waals surface area contributed by atoms with Crippen molar-refractivity contribution in [2.75, 3.05) is 26.3 Å². The molecule has 0 saturated carbocycles. The quantitative estimate of drug-likeness (QED) is 0.744. The molecule has 22 heavy (non-hydrogen) atoms. The third-order valence-corrected chi connectivity index (χ3v) is 2.96. The van der Waals surface area contributed by atoms with Gasteiger partial charge in [0.15, 0.2) is 0 Å². The van der Waals surface area contributed by atoms with Crippen LogP contribution in [0.15, 0.2) is 40.9 Å². The molecule has 1 aromatic heterocycles. The van der Waals surface area contributed by atoms with Crippen molar-refractivity contribution in [2.24, 2.45) is 0 Å². The van der Waals surface area contributed by atoms with Crippen molar-refractivity contribution in [3.63, 3.8) is 0 Å². The zero-order chi connectivity index (χ0) is 15.8. The highest BCUT2D eigenvalue weighted by molar-refractivity contribution is 5.91. The Kier molecular flexibility index (Phi) is 5.93. The first-order chi connectivity index (χ1) is 10.7. The molecule has 1 aromatic carbocycles. The summed E-state index contributed by atoms with van der Waals surface area (Å²) in [5, 5.41) is 21.5. The van der Waals surface area contributed by atoms with Gasteiger partial charge in [0, 0.05) is 13.1 Å². The van der Waals surface area contributed by atoms with Crippen LogP contribution < -0.4 is 4.74 Å². The summed E-state index contributed by atoms with van der Waals surface area (Å²) in [6.07, 6.45) is 0. The molecule has 0 unspecified atom stereocenters. The molecule has 1 heterocycles. The third-order valence-electron chi connectivity index (χ3n) is 2.96. The van der Waals surface area contributed by atoms with Gasteiger partial charge in [-0.1, -0.05) is 30.3 Å². The summed E-state index contributed by atoms with van der Waals surface area (Å²) in [7, 11) is 0. The van der Waals surface area contributed by atoms with Gasteiger partial charge in [-0.3, -0.25) is 4.79 Å². The molecule has 0 fully saturated rings. The lowest BCUT2D eigenvalue weighted by atomic mass is 10.2. The van der Waals surface area contributed by atoms with E-state index in [4.69, 9.17) is 19.5 Å². The molecule has 0 aliphatic carbocycles. The van der Waals surface area contributed by atoms with Crippen LogP contribution in [0.5, 0.6) is 5.88 Å². The number of carbonyl (C=O) groups is 1. The number of aliphatic hydroxyl groups excluding tert-OH is 2. The molecule has 1 amide bonds. The zero-order valence-corrected chi connectivity index (χ0v) is 12.0. The SMILES string of the molecule is O=C(c1cc(OCc2ccccc2)no1)N(CCO)CCO. The Morgan fingerprint density at radius 3 is 2.50 bits per heavy atom. The fourth-order valence-electron chi connectivity index (χ4n) is 1.87. The highest BCUT2D eigenvalue weighted by atomic mass is 16.5. The van der Waals surface area contributed by atoms with Crippen LogP contribution >= 0.6 is 0 Å². The molecule has 0 atom stereocenters. The van der Waals surface area contributed by atoms with Crippen LogP contribution in [-0.4, -0.2) is 52.5 Å². The van der Waals surface area contributed by atoms with Gasteiger partial charge in [-0.25, -0.2) is 0 Å². The highest BCUT2D eigenvalue weighted by Gasteiger charge is 2.20. The monoisotopic (exact) mass is 306 g/mol. The average Bonchev–Trinajstić information content (AvgIpc) is 3.02. The van der Waals surface area contributed by atoms with Crippen molar-refractivity contribution in [3.05, 3.63) is 47.7 Å².